The third kappa shape index (κ3) is 4.30. The van der Waals surface area contributed by atoms with Crippen molar-refractivity contribution in [1.82, 2.24) is 10.2 Å². The van der Waals surface area contributed by atoms with E-state index < -0.39 is 0 Å². The molecule has 23 heavy (non-hydrogen) atoms. The molecule has 126 valence electrons. The summed E-state index contributed by atoms with van der Waals surface area (Å²) in [4.78, 5) is 14.1. The Morgan fingerprint density at radius 2 is 1.96 bits per heavy atom. The normalized spacial score (nSPS) is 20.1. The SMILES string of the molecule is O=C(CCNC(c1ccc(F)cc1)C1CCC1)N1CCOCC1. The second-order valence-corrected chi connectivity index (χ2v) is 6.42. The van der Waals surface area contributed by atoms with Crippen molar-refractivity contribution in [2.75, 3.05) is 32.8 Å². The van der Waals surface area contributed by atoms with Gasteiger partial charge in [-0.15, -0.1) is 0 Å². The van der Waals surface area contributed by atoms with E-state index in [1.165, 1.54) is 31.4 Å². The summed E-state index contributed by atoms with van der Waals surface area (Å²) >= 11 is 0. The van der Waals surface area contributed by atoms with Crippen molar-refractivity contribution < 1.29 is 13.9 Å². The van der Waals surface area contributed by atoms with Crippen molar-refractivity contribution in [3.05, 3.63) is 35.6 Å². The summed E-state index contributed by atoms with van der Waals surface area (Å²) in [5, 5.41) is 3.53. The maximum absolute atomic E-state index is 13.1. The number of benzene rings is 1. The highest BCUT2D eigenvalue weighted by Gasteiger charge is 2.28. The molecule has 2 aliphatic rings. The minimum Gasteiger partial charge on any atom is -0.378 e. The number of amides is 1. The van der Waals surface area contributed by atoms with Crippen LogP contribution >= 0.6 is 0 Å². The first-order valence-electron chi connectivity index (χ1n) is 8.58. The predicted octanol–water partition coefficient (Wildman–Crippen LogP) is 2.51. The quantitative estimate of drug-likeness (QED) is 0.876. The van der Waals surface area contributed by atoms with Crippen molar-refractivity contribution in [3.8, 4) is 0 Å². The average molecular weight is 320 g/mol. The summed E-state index contributed by atoms with van der Waals surface area (Å²) in [7, 11) is 0. The van der Waals surface area contributed by atoms with Gasteiger partial charge in [0.1, 0.15) is 5.82 Å². The number of morpholine rings is 1. The molecule has 1 aromatic carbocycles. The van der Waals surface area contributed by atoms with Crippen molar-refractivity contribution in [3.63, 3.8) is 0 Å². The Morgan fingerprint density at radius 1 is 1.26 bits per heavy atom. The number of hydrogen-bond donors (Lipinski definition) is 1. The van der Waals surface area contributed by atoms with Crippen molar-refractivity contribution in [2.24, 2.45) is 5.92 Å². The van der Waals surface area contributed by atoms with Crippen LogP contribution in [0.1, 0.15) is 37.3 Å². The molecule has 3 rings (SSSR count). The molecule has 1 aliphatic carbocycles. The van der Waals surface area contributed by atoms with E-state index in [0.29, 0.717) is 45.2 Å². The van der Waals surface area contributed by atoms with E-state index in [2.05, 4.69) is 5.32 Å². The topological polar surface area (TPSA) is 41.6 Å². The molecule has 0 radical (unpaired) electrons. The van der Waals surface area contributed by atoms with E-state index >= 15 is 0 Å². The van der Waals surface area contributed by atoms with Crippen LogP contribution in [0.4, 0.5) is 4.39 Å². The molecule has 1 unspecified atom stereocenters. The van der Waals surface area contributed by atoms with Crippen LogP contribution in [0, 0.1) is 11.7 Å². The Hall–Kier alpha value is -1.46. The summed E-state index contributed by atoms with van der Waals surface area (Å²) in [6.45, 7) is 3.33. The molecule has 1 heterocycles. The third-order valence-corrected chi connectivity index (χ3v) is 4.92. The average Bonchev–Trinajstić information content (AvgIpc) is 2.54. The van der Waals surface area contributed by atoms with Gasteiger partial charge in [-0.05, 0) is 36.5 Å². The van der Waals surface area contributed by atoms with Crippen molar-refractivity contribution in [2.45, 2.75) is 31.7 Å². The summed E-state index contributed by atoms with van der Waals surface area (Å²) < 4.78 is 18.4. The van der Waals surface area contributed by atoms with Crippen LogP contribution < -0.4 is 5.32 Å². The Morgan fingerprint density at radius 3 is 2.57 bits per heavy atom. The van der Waals surface area contributed by atoms with Crippen LogP contribution in [0.2, 0.25) is 0 Å². The molecule has 0 bridgehead atoms. The smallest absolute Gasteiger partial charge is 0.224 e. The van der Waals surface area contributed by atoms with Crippen molar-refractivity contribution in [1.29, 1.82) is 0 Å². The van der Waals surface area contributed by atoms with Crippen LogP contribution in [-0.4, -0.2) is 43.7 Å². The van der Waals surface area contributed by atoms with Crippen LogP contribution in [-0.2, 0) is 9.53 Å². The summed E-state index contributed by atoms with van der Waals surface area (Å²) in [5.41, 5.74) is 1.12. The number of hydrogen-bond acceptors (Lipinski definition) is 3. The second-order valence-electron chi connectivity index (χ2n) is 6.42. The standard InChI is InChI=1S/C18H25FN2O2/c19-16-6-4-15(5-7-16)18(14-2-1-3-14)20-9-8-17(22)21-10-12-23-13-11-21/h4-7,14,18,20H,1-3,8-13H2. The Labute approximate surface area is 137 Å². The highest BCUT2D eigenvalue weighted by atomic mass is 19.1. The molecule has 1 N–H and O–H groups in total. The minimum absolute atomic E-state index is 0.187. The number of nitrogens with one attached hydrogen (secondary N) is 1. The molecule has 0 aromatic heterocycles. The lowest BCUT2D eigenvalue weighted by Gasteiger charge is -2.35. The number of halogens is 1. The lowest BCUT2D eigenvalue weighted by atomic mass is 9.77. The largest absolute Gasteiger partial charge is 0.378 e. The maximum atomic E-state index is 13.1. The lowest BCUT2D eigenvalue weighted by molar-refractivity contribution is -0.135. The fourth-order valence-corrected chi connectivity index (χ4v) is 3.31. The van der Waals surface area contributed by atoms with Gasteiger partial charge in [0.05, 0.1) is 13.2 Å². The maximum Gasteiger partial charge on any atom is 0.224 e. The zero-order valence-corrected chi connectivity index (χ0v) is 13.5. The highest BCUT2D eigenvalue weighted by Crippen LogP contribution is 2.37. The van der Waals surface area contributed by atoms with E-state index in [-0.39, 0.29) is 17.8 Å². The molecule has 0 spiro atoms. The van der Waals surface area contributed by atoms with Crippen LogP contribution in [0.3, 0.4) is 0 Å². The molecular weight excluding hydrogens is 295 g/mol. The first-order chi connectivity index (χ1) is 11.2. The molecular formula is C18H25FN2O2. The first-order valence-corrected chi connectivity index (χ1v) is 8.58. The fraction of sp³-hybridized carbons (Fsp3) is 0.611. The van der Waals surface area contributed by atoms with Gasteiger partial charge in [0, 0.05) is 32.1 Å². The Balaban J connectivity index is 1.52. The molecule has 2 fully saturated rings. The van der Waals surface area contributed by atoms with Crippen LogP contribution in [0.15, 0.2) is 24.3 Å². The van der Waals surface area contributed by atoms with Gasteiger partial charge in [-0.1, -0.05) is 18.6 Å². The molecule has 1 saturated heterocycles. The van der Waals surface area contributed by atoms with Gasteiger partial charge < -0.3 is 15.0 Å². The van der Waals surface area contributed by atoms with Gasteiger partial charge in [-0.25, -0.2) is 4.39 Å². The van der Waals surface area contributed by atoms with E-state index in [1.54, 1.807) is 0 Å². The second kappa shape index (κ2) is 7.88. The van der Waals surface area contributed by atoms with Crippen molar-refractivity contribution >= 4 is 5.91 Å². The lowest BCUT2D eigenvalue weighted by Crippen LogP contribution is -2.42. The molecule has 1 amide bonds. The number of ether oxygens (including phenoxy) is 1. The molecule has 1 aliphatic heterocycles. The minimum atomic E-state index is -0.205. The van der Waals surface area contributed by atoms with E-state index in [9.17, 15) is 9.18 Å². The first kappa shape index (κ1) is 16.4. The summed E-state index contributed by atoms with van der Waals surface area (Å²) in [6, 6.07) is 6.97. The van der Waals surface area contributed by atoms with Gasteiger partial charge in [-0.3, -0.25) is 4.79 Å². The molecule has 1 saturated carbocycles. The number of nitrogens with zero attached hydrogens (tertiary/aromatic N) is 1. The number of carbonyl (C=O) groups excluding carboxylic acids is 1. The highest BCUT2D eigenvalue weighted by molar-refractivity contribution is 5.76. The molecule has 5 heteroatoms. The monoisotopic (exact) mass is 320 g/mol. The van der Waals surface area contributed by atoms with Gasteiger partial charge >= 0.3 is 0 Å². The zero-order chi connectivity index (χ0) is 16.1. The Kier molecular flexibility index (Phi) is 5.62. The van der Waals surface area contributed by atoms with Crippen LogP contribution in [0.25, 0.3) is 0 Å². The predicted molar refractivity (Wildman–Crippen MR) is 86.5 cm³/mol. The summed E-state index contributed by atoms with van der Waals surface area (Å²) in [5.74, 6) is 0.579. The van der Waals surface area contributed by atoms with Gasteiger partial charge in [0.2, 0.25) is 5.91 Å². The molecule has 1 aromatic rings. The number of carbonyl (C=O) groups is 1. The van der Waals surface area contributed by atoms with Gasteiger partial charge in [0.15, 0.2) is 0 Å². The van der Waals surface area contributed by atoms with Gasteiger partial charge in [0.25, 0.3) is 0 Å². The van der Waals surface area contributed by atoms with E-state index in [1.807, 2.05) is 17.0 Å². The van der Waals surface area contributed by atoms with E-state index in [4.69, 9.17) is 4.74 Å². The van der Waals surface area contributed by atoms with Gasteiger partial charge in [-0.2, -0.15) is 0 Å². The third-order valence-electron chi connectivity index (χ3n) is 4.92. The Bertz CT molecular complexity index is 510. The number of rotatable bonds is 6. The molecule has 4 nitrogen and oxygen atoms in total. The van der Waals surface area contributed by atoms with E-state index in [0.717, 1.165) is 5.56 Å². The van der Waals surface area contributed by atoms with Crippen LogP contribution in [0.5, 0.6) is 0 Å². The molecule has 1 atom stereocenters. The fourth-order valence-electron chi connectivity index (χ4n) is 3.31. The zero-order valence-electron chi connectivity index (χ0n) is 13.5. The summed E-state index contributed by atoms with van der Waals surface area (Å²) in [6.07, 6.45) is 4.17.